The Bertz CT molecular complexity index is 1560. The molecule has 4 aromatic rings. The van der Waals surface area contributed by atoms with Crippen molar-refractivity contribution in [2.45, 2.75) is 97.9 Å². The monoisotopic (exact) mass is 680 g/mol. The van der Waals surface area contributed by atoms with Gasteiger partial charge in [-0.15, -0.1) is 0 Å². The van der Waals surface area contributed by atoms with Crippen LogP contribution in [0.1, 0.15) is 73.6 Å². The number of fused-ring (bicyclic) bond motifs is 2. The van der Waals surface area contributed by atoms with Gasteiger partial charge in [0.1, 0.15) is 22.7 Å². The first kappa shape index (κ1) is 43.2. The summed E-state index contributed by atoms with van der Waals surface area (Å²) in [7, 11) is 1.90. The van der Waals surface area contributed by atoms with Crippen LogP contribution < -0.4 is 28.1 Å². The number of nitrogen functional groups attached to an aromatic ring is 2. The number of hydrogen-bond donors (Lipinski definition) is 7. The summed E-state index contributed by atoms with van der Waals surface area (Å²) in [5, 5.41) is 21.9. The van der Waals surface area contributed by atoms with Gasteiger partial charge in [-0.25, -0.2) is 28.7 Å². The van der Waals surface area contributed by atoms with Crippen molar-refractivity contribution in [3.8, 4) is 0 Å². The molecule has 0 radical (unpaired) electrons. The first-order valence-corrected chi connectivity index (χ1v) is 15.4. The summed E-state index contributed by atoms with van der Waals surface area (Å²) in [5.74, 6) is -0.628. The van der Waals surface area contributed by atoms with Crippen LogP contribution in [0.25, 0.3) is 22.1 Å². The van der Waals surface area contributed by atoms with Crippen molar-refractivity contribution in [1.29, 1.82) is 0 Å². The summed E-state index contributed by atoms with van der Waals surface area (Å²) in [4.78, 5) is 32.8. The van der Waals surface area contributed by atoms with E-state index in [2.05, 4.69) is 49.1 Å². The first-order chi connectivity index (χ1) is 21.8. The van der Waals surface area contributed by atoms with E-state index < -0.39 is 23.3 Å². The number of hydrogen-bond acceptors (Lipinski definition) is 13. The van der Waals surface area contributed by atoms with Gasteiger partial charge in [0.05, 0.1) is 36.2 Å². The second kappa shape index (κ2) is 22.7. The second-order valence-electron chi connectivity index (χ2n) is 10.2. The van der Waals surface area contributed by atoms with Gasteiger partial charge in [0, 0.05) is 18.2 Å². The Kier molecular flexibility index (Phi) is 20.9. The molecule has 5 atom stereocenters. The molecule has 4 rings (SSSR count). The number of aliphatic hydroxyl groups is 2. The third-order valence-corrected chi connectivity index (χ3v) is 6.34. The van der Waals surface area contributed by atoms with Crippen LogP contribution in [0.4, 0.5) is 26.5 Å². The van der Waals surface area contributed by atoms with Crippen molar-refractivity contribution in [3.63, 3.8) is 0 Å². The molecule has 0 aliphatic carbocycles. The zero-order chi connectivity index (χ0) is 34.8. The minimum absolute atomic E-state index is 0. The molecule has 0 aliphatic rings. The van der Waals surface area contributed by atoms with E-state index in [0.29, 0.717) is 23.7 Å². The zero-order valence-electron chi connectivity index (χ0n) is 26.5. The van der Waals surface area contributed by atoms with Gasteiger partial charge in [0.25, 0.3) is 5.56 Å². The summed E-state index contributed by atoms with van der Waals surface area (Å²) in [6.07, 6.45) is 7.16. The van der Waals surface area contributed by atoms with Crippen molar-refractivity contribution in [1.82, 2.24) is 29.9 Å². The van der Waals surface area contributed by atoms with E-state index in [4.69, 9.17) is 27.0 Å². The molecule has 0 bridgehead atoms. The Balaban J connectivity index is 0.000000696. The Hall–Kier alpha value is -3.79. The van der Waals surface area contributed by atoms with Gasteiger partial charge in [0.2, 0.25) is 11.9 Å². The van der Waals surface area contributed by atoms with Crippen LogP contribution in [0.5, 0.6) is 0 Å². The number of unbranched alkanes of at least 4 members (excludes halogenated alkanes) is 2. The SMILES string of the molecule is C.CCCC[C@@H](N)[C@H](C)O.CCCC[C@@H](Nc1nc(N)nc2cc(F)cnc12)[C@H](C)O.Nc1nc2cc(F)cnc2c(=O)[nH]1.O=BP. The van der Waals surface area contributed by atoms with E-state index in [1.807, 2.05) is 9.12 Å². The van der Waals surface area contributed by atoms with Crippen molar-refractivity contribution < 1.29 is 23.7 Å². The zero-order valence-corrected chi connectivity index (χ0v) is 27.6. The maximum atomic E-state index is 13.2. The van der Waals surface area contributed by atoms with Crippen molar-refractivity contribution >= 4 is 55.8 Å². The van der Waals surface area contributed by atoms with Gasteiger partial charge in [-0.05, 0) is 26.7 Å². The molecule has 1 unspecified atom stereocenters. The molecule has 0 aliphatic heterocycles. The number of aromatic amines is 1. The van der Waals surface area contributed by atoms with E-state index in [1.165, 1.54) is 6.07 Å². The number of H-pyrrole nitrogens is 1. The second-order valence-corrected chi connectivity index (χ2v) is 10.5. The van der Waals surface area contributed by atoms with E-state index >= 15 is 0 Å². The number of nitrogens with one attached hydrogen (secondary N) is 2. The van der Waals surface area contributed by atoms with Gasteiger partial charge in [-0.3, -0.25) is 9.78 Å². The van der Waals surface area contributed by atoms with E-state index in [1.54, 1.807) is 13.8 Å². The third-order valence-electron chi connectivity index (χ3n) is 6.34. The molecule has 0 saturated carbocycles. The molecule has 260 valence electrons. The fourth-order valence-electron chi connectivity index (χ4n) is 3.85. The number of anilines is 3. The quantitative estimate of drug-likeness (QED) is 0.0938. The average molecular weight is 681 g/mol. The molecule has 18 heteroatoms. The number of rotatable bonds is 10. The summed E-state index contributed by atoms with van der Waals surface area (Å²) >= 11 is 0. The molecule has 10 N–H and O–H groups in total. The fraction of sp³-hybridized carbons (Fsp3) is 0.517. The van der Waals surface area contributed by atoms with Crippen LogP contribution >= 0.6 is 9.12 Å². The Morgan fingerprint density at radius 3 is 1.96 bits per heavy atom. The molecule has 0 aromatic carbocycles. The summed E-state index contributed by atoms with van der Waals surface area (Å²) in [6.45, 7) is 8.32. The molecule has 14 nitrogen and oxygen atoms in total. The molecular weight excluding hydrogens is 632 g/mol. The number of nitrogens with zero attached hydrogens (tertiary/aromatic N) is 5. The summed E-state index contributed by atoms with van der Waals surface area (Å²) in [6, 6.07) is 2.17. The van der Waals surface area contributed by atoms with Crippen LogP contribution in [0.3, 0.4) is 0 Å². The van der Waals surface area contributed by atoms with Gasteiger partial charge >= 0.3 is 20.7 Å². The fourth-order valence-corrected chi connectivity index (χ4v) is 3.85. The Morgan fingerprint density at radius 1 is 0.936 bits per heavy atom. The maximum absolute atomic E-state index is 13.2. The number of aliphatic hydroxyl groups excluding tert-OH is 2. The van der Waals surface area contributed by atoms with Gasteiger partial charge in [0.15, 0.2) is 11.3 Å². The van der Waals surface area contributed by atoms with Gasteiger partial charge in [-0.1, -0.05) is 47.0 Å². The first-order valence-electron chi connectivity index (χ1n) is 14.7. The number of halogens is 2. The molecule has 4 aromatic heterocycles. The summed E-state index contributed by atoms with van der Waals surface area (Å²) in [5.41, 5.74) is 17.0. The third kappa shape index (κ3) is 15.6. The minimum atomic E-state index is -0.553. The molecule has 0 fully saturated rings. The number of nitrogens with two attached hydrogens (primary N) is 3. The topological polar surface area (TPSA) is 245 Å². The van der Waals surface area contributed by atoms with Crippen LogP contribution in [0, 0.1) is 11.6 Å². The van der Waals surface area contributed by atoms with E-state index in [-0.39, 0.29) is 48.5 Å². The Labute approximate surface area is 276 Å². The van der Waals surface area contributed by atoms with Crippen LogP contribution in [0.2, 0.25) is 0 Å². The predicted octanol–water partition coefficient (Wildman–Crippen LogP) is 3.48. The van der Waals surface area contributed by atoms with Crippen LogP contribution in [-0.2, 0) is 4.70 Å². The molecular formula is C29H48BF2N10O4P. The standard InChI is InChI=1S/C14H20FN5O.C7H5FN4O.C7H17NO.CH4.BH2OP/c1-3-4-5-10(8(2)21)18-13-12-11(19-14(16)20-13)6-9(15)7-17-12;8-3-1-4-5(10-2-3)6(13)12-7(9)11-4;1-3-4-5-7(8)6(2)9;;2-1-3/h6-8,10,21H,3-5H2,1-2H3,(H3,16,18,19,20);1-2H,(H3,9,11,12,13);6-7,9H,3-5,8H2,1-2H3;1H4;3H2/t8-,10+;;6-,7+;;/m0.0../s1. The summed E-state index contributed by atoms with van der Waals surface area (Å²) < 4.78 is 34.6. The van der Waals surface area contributed by atoms with E-state index in [0.717, 1.165) is 57.0 Å². The molecule has 0 saturated heterocycles. The van der Waals surface area contributed by atoms with Crippen LogP contribution in [-0.4, -0.2) is 71.3 Å². The predicted molar refractivity (Wildman–Crippen MR) is 187 cm³/mol. The van der Waals surface area contributed by atoms with Crippen molar-refractivity contribution in [3.05, 3.63) is 46.5 Å². The van der Waals surface area contributed by atoms with Gasteiger partial charge in [-0.2, -0.15) is 4.98 Å². The number of aromatic nitrogens is 6. The van der Waals surface area contributed by atoms with Crippen molar-refractivity contribution in [2.75, 3.05) is 16.8 Å². The van der Waals surface area contributed by atoms with E-state index in [9.17, 15) is 18.7 Å². The Morgan fingerprint density at radius 2 is 1.45 bits per heavy atom. The number of pyridine rings is 2. The van der Waals surface area contributed by atoms with Crippen molar-refractivity contribution in [2.24, 2.45) is 5.73 Å². The van der Waals surface area contributed by atoms with Crippen LogP contribution in [0.15, 0.2) is 29.3 Å². The molecule has 4 heterocycles. The normalized spacial score (nSPS) is 12.7. The van der Waals surface area contributed by atoms with Gasteiger partial charge < -0.3 is 32.7 Å². The molecule has 47 heavy (non-hydrogen) atoms. The molecule has 0 spiro atoms. The average Bonchev–Trinajstić information content (AvgIpc) is 2.98. The molecule has 0 amide bonds.